The third kappa shape index (κ3) is 3.45. The molecule has 1 fully saturated rings. The average molecular weight is 473 g/mol. The van der Waals surface area contributed by atoms with Crippen LogP contribution in [-0.4, -0.2) is 37.0 Å². The molecule has 1 N–H and O–H groups in total. The number of benzene rings is 2. The van der Waals surface area contributed by atoms with Crippen molar-refractivity contribution in [3.63, 3.8) is 0 Å². The predicted molar refractivity (Wildman–Crippen MR) is 115 cm³/mol. The molecular weight excluding hydrogens is 452 g/mol. The minimum Gasteiger partial charge on any atom is -0.497 e. The fraction of sp³-hybridized carbons (Fsp3) is 0.318. The highest BCUT2D eigenvalue weighted by Gasteiger charge is 2.52. The number of nitrogens with one attached hydrogen (secondary N) is 1. The lowest BCUT2D eigenvalue weighted by Gasteiger charge is -2.44. The number of carbonyl (C=O) groups is 3. The summed E-state index contributed by atoms with van der Waals surface area (Å²) in [4.78, 5) is 40.3. The van der Waals surface area contributed by atoms with Crippen LogP contribution in [0, 0.1) is 0 Å². The van der Waals surface area contributed by atoms with Crippen LogP contribution in [0.2, 0.25) is 0 Å². The lowest BCUT2D eigenvalue weighted by molar-refractivity contribution is -0.129. The van der Waals surface area contributed by atoms with E-state index in [2.05, 4.69) is 21.2 Å². The van der Waals surface area contributed by atoms with Crippen molar-refractivity contribution in [2.75, 3.05) is 23.9 Å². The van der Waals surface area contributed by atoms with Gasteiger partial charge in [-0.05, 0) is 59.1 Å². The SMILES string of the molecule is COc1ccc(Br)c(C(=O)OCC(=O)N2c3ccccc3NC(=O)C23CCCC3)c1. The number of esters is 1. The van der Waals surface area contributed by atoms with Crippen LogP contribution >= 0.6 is 15.9 Å². The fourth-order valence-corrected chi connectivity index (χ4v) is 4.59. The molecule has 7 nitrogen and oxygen atoms in total. The molecule has 1 heterocycles. The summed E-state index contributed by atoms with van der Waals surface area (Å²) in [5.41, 5.74) is 0.529. The number of hydrogen-bond acceptors (Lipinski definition) is 5. The summed E-state index contributed by atoms with van der Waals surface area (Å²) in [6.07, 6.45) is 2.87. The molecule has 8 heteroatoms. The van der Waals surface area contributed by atoms with Gasteiger partial charge in [0.2, 0.25) is 0 Å². The summed E-state index contributed by atoms with van der Waals surface area (Å²) in [6, 6.07) is 12.1. The van der Waals surface area contributed by atoms with Gasteiger partial charge in [0.25, 0.3) is 11.8 Å². The maximum absolute atomic E-state index is 13.2. The first-order chi connectivity index (χ1) is 14.5. The minimum absolute atomic E-state index is 0.186. The molecule has 2 amide bonds. The van der Waals surface area contributed by atoms with Crippen LogP contribution in [0.3, 0.4) is 0 Å². The predicted octanol–water partition coefficient (Wildman–Crippen LogP) is 3.91. The number of para-hydroxylation sites is 2. The summed E-state index contributed by atoms with van der Waals surface area (Å²) in [5, 5.41) is 2.93. The van der Waals surface area contributed by atoms with Crippen molar-refractivity contribution in [1.82, 2.24) is 0 Å². The number of nitrogens with zero attached hydrogens (tertiary/aromatic N) is 1. The van der Waals surface area contributed by atoms with Crippen LogP contribution in [0.5, 0.6) is 5.75 Å². The highest BCUT2D eigenvalue weighted by molar-refractivity contribution is 9.10. The summed E-state index contributed by atoms with van der Waals surface area (Å²) in [6.45, 7) is -0.466. The topological polar surface area (TPSA) is 84.9 Å². The first kappa shape index (κ1) is 20.4. The van der Waals surface area contributed by atoms with Crippen LogP contribution < -0.4 is 15.0 Å². The lowest BCUT2D eigenvalue weighted by atomic mass is 9.90. The van der Waals surface area contributed by atoms with Gasteiger partial charge in [0.05, 0.1) is 24.0 Å². The summed E-state index contributed by atoms with van der Waals surface area (Å²) < 4.78 is 11.0. The fourth-order valence-electron chi connectivity index (χ4n) is 4.19. The number of carbonyl (C=O) groups excluding carboxylic acids is 3. The van der Waals surface area contributed by atoms with E-state index in [-0.39, 0.29) is 11.5 Å². The van der Waals surface area contributed by atoms with Gasteiger partial charge in [-0.3, -0.25) is 14.5 Å². The molecule has 1 saturated carbocycles. The zero-order valence-electron chi connectivity index (χ0n) is 16.4. The van der Waals surface area contributed by atoms with Crippen LogP contribution in [-0.2, 0) is 14.3 Å². The van der Waals surface area contributed by atoms with Crippen molar-refractivity contribution in [3.05, 3.63) is 52.5 Å². The standard InChI is InChI=1S/C22H21BrN2O5/c1-29-14-8-9-16(23)15(12-14)20(27)30-13-19(26)25-18-7-3-2-6-17(18)24-21(28)22(25)10-4-5-11-22/h2-3,6-9,12H,4-5,10-11,13H2,1H3,(H,24,28). The maximum atomic E-state index is 13.2. The van der Waals surface area contributed by atoms with E-state index < -0.39 is 24.0 Å². The molecule has 2 aliphatic rings. The van der Waals surface area contributed by atoms with Crippen LogP contribution in [0.4, 0.5) is 11.4 Å². The van der Waals surface area contributed by atoms with Crippen molar-refractivity contribution < 1.29 is 23.9 Å². The summed E-state index contributed by atoms with van der Waals surface area (Å²) in [7, 11) is 1.50. The molecule has 1 aliphatic carbocycles. The zero-order valence-corrected chi connectivity index (χ0v) is 18.0. The molecule has 1 spiro atoms. The Bertz CT molecular complexity index is 1020. The molecule has 0 bridgehead atoms. The van der Waals surface area contributed by atoms with Crippen molar-refractivity contribution in [3.8, 4) is 5.75 Å². The van der Waals surface area contributed by atoms with Crippen molar-refractivity contribution in [2.45, 2.75) is 31.2 Å². The van der Waals surface area contributed by atoms with E-state index in [9.17, 15) is 14.4 Å². The van der Waals surface area contributed by atoms with Gasteiger partial charge in [-0.1, -0.05) is 25.0 Å². The molecule has 30 heavy (non-hydrogen) atoms. The number of fused-ring (bicyclic) bond motifs is 1. The minimum atomic E-state index is -0.936. The van der Waals surface area contributed by atoms with Gasteiger partial charge < -0.3 is 14.8 Å². The number of hydrogen-bond donors (Lipinski definition) is 1. The van der Waals surface area contributed by atoms with Crippen LogP contribution in [0.15, 0.2) is 46.9 Å². The van der Waals surface area contributed by atoms with Crippen molar-refractivity contribution >= 4 is 45.1 Å². The Kier molecular flexibility index (Phi) is 5.51. The molecule has 0 unspecified atom stereocenters. The third-order valence-corrected chi connectivity index (χ3v) is 6.34. The Morgan fingerprint density at radius 2 is 1.90 bits per heavy atom. The molecule has 2 aromatic rings. The number of anilines is 2. The van der Waals surface area contributed by atoms with Gasteiger partial charge in [0, 0.05) is 4.47 Å². The number of ether oxygens (including phenoxy) is 2. The lowest BCUT2D eigenvalue weighted by Crippen LogP contribution is -2.61. The Morgan fingerprint density at radius 1 is 1.17 bits per heavy atom. The molecule has 0 atom stereocenters. The second kappa shape index (κ2) is 8.10. The highest BCUT2D eigenvalue weighted by atomic mass is 79.9. The molecule has 0 aromatic heterocycles. The monoisotopic (exact) mass is 472 g/mol. The Hall–Kier alpha value is -2.87. The number of amides is 2. The van der Waals surface area contributed by atoms with E-state index in [1.165, 1.54) is 12.0 Å². The van der Waals surface area contributed by atoms with E-state index in [4.69, 9.17) is 9.47 Å². The van der Waals surface area contributed by atoms with E-state index in [1.54, 1.807) is 36.4 Å². The Labute approximate surface area is 182 Å². The second-order valence-corrected chi connectivity index (χ2v) is 8.22. The summed E-state index contributed by atoms with van der Waals surface area (Å²) in [5.74, 6) is -0.757. The van der Waals surface area contributed by atoms with Gasteiger partial charge in [-0.2, -0.15) is 0 Å². The molecular formula is C22H21BrN2O5. The largest absolute Gasteiger partial charge is 0.497 e. The first-order valence-electron chi connectivity index (χ1n) is 9.70. The molecule has 156 valence electrons. The van der Waals surface area contributed by atoms with Gasteiger partial charge in [-0.25, -0.2) is 4.79 Å². The molecule has 0 radical (unpaired) electrons. The van der Waals surface area contributed by atoms with E-state index >= 15 is 0 Å². The van der Waals surface area contributed by atoms with E-state index in [1.807, 2.05) is 6.07 Å². The number of methoxy groups -OCH3 is 1. The first-order valence-corrected chi connectivity index (χ1v) is 10.5. The van der Waals surface area contributed by atoms with Crippen LogP contribution in [0.25, 0.3) is 0 Å². The van der Waals surface area contributed by atoms with Gasteiger partial charge in [-0.15, -0.1) is 0 Å². The number of halogens is 1. The van der Waals surface area contributed by atoms with Crippen molar-refractivity contribution in [2.24, 2.45) is 0 Å². The normalized spacial score (nSPS) is 16.7. The van der Waals surface area contributed by atoms with Crippen molar-refractivity contribution in [1.29, 1.82) is 0 Å². The highest BCUT2D eigenvalue weighted by Crippen LogP contribution is 2.45. The second-order valence-electron chi connectivity index (χ2n) is 7.36. The van der Waals surface area contributed by atoms with E-state index in [0.29, 0.717) is 34.4 Å². The smallest absolute Gasteiger partial charge is 0.339 e. The maximum Gasteiger partial charge on any atom is 0.339 e. The average Bonchev–Trinajstić information content (AvgIpc) is 3.23. The zero-order chi connectivity index (χ0) is 21.3. The number of rotatable bonds is 4. The van der Waals surface area contributed by atoms with E-state index in [0.717, 1.165) is 12.8 Å². The Balaban J connectivity index is 1.59. The van der Waals surface area contributed by atoms with Crippen LogP contribution in [0.1, 0.15) is 36.0 Å². The summed E-state index contributed by atoms with van der Waals surface area (Å²) >= 11 is 3.32. The van der Waals surface area contributed by atoms with Gasteiger partial charge in [0.1, 0.15) is 11.3 Å². The van der Waals surface area contributed by atoms with Gasteiger partial charge in [0.15, 0.2) is 6.61 Å². The van der Waals surface area contributed by atoms with Gasteiger partial charge >= 0.3 is 5.97 Å². The molecule has 4 rings (SSSR count). The Morgan fingerprint density at radius 3 is 2.63 bits per heavy atom. The third-order valence-electron chi connectivity index (χ3n) is 5.64. The molecule has 2 aromatic carbocycles. The quantitative estimate of drug-likeness (QED) is 0.681. The molecule has 0 saturated heterocycles. The molecule has 1 aliphatic heterocycles.